The standard InChI is InChI=1S/C16H20N2O4/c1-12-6-4-7-14(13(12)2)21-11-16(20)22-10-15(19)18(3)9-5-8-17/h4,6-7H,5,9-11H2,1-3H3. The highest BCUT2D eigenvalue weighted by atomic mass is 16.6. The predicted octanol–water partition coefficient (Wildman–Crippen LogP) is 1.60. The van der Waals surface area contributed by atoms with Crippen LogP contribution in [0.2, 0.25) is 0 Å². The van der Waals surface area contributed by atoms with Gasteiger partial charge in [-0.2, -0.15) is 5.26 Å². The summed E-state index contributed by atoms with van der Waals surface area (Å²) in [4.78, 5) is 24.6. The third-order valence-corrected chi connectivity index (χ3v) is 3.24. The van der Waals surface area contributed by atoms with E-state index in [0.717, 1.165) is 11.1 Å². The molecular formula is C16H20N2O4. The van der Waals surface area contributed by atoms with Gasteiger partial charge < -0.3 is 14.4 Å². The van der Waals surface area contributed by atoms with Crippen molar-refractivity contribution in [2.45, 2.75) is 20.3 Å². The molecule has 0 N–H and O–H groups in total. The van der Waals surface area contributed by atoms with Crippen LogP contribution in [-0.2, 0) is 14.3 Å². The van der Waals surface area contributed by atoms with Gasteiger partial charge in [0.1, 0.15) is 5.75 Å². The largest absolute Gasteiger partial charge is 0.482 e. The van der Waals surface area contributed by atoms with Crippen LogP contribution in [-0.4, -0.2) is 43.6 Å². The summed E-state index contributed by atoms with van der Waals surface area (Å²) in [6, 6.07) is 7.52. The maximum absolute atomic E-state index is 11.6. The van der Waals surface area contributed by atoms with Gasteiger partial charge in [0.25, 0.3) is 5.91 Å². The summed E-state index contributed by atoms with van der Waals surface area (Å²) in [6.45, 7) is 3.57. The number of aryl methyl sites for hydroxylation is 1. The van der Waals surface area contributed by atoms with Gasteiger partial charge in [0.05, 0.1) is 12.5 Å². The Balaban J connectivity index is 2.36. The lowest BCUT2D eigenvalue weighted by Crippen LogP contribution is -2.32. The van der Waals surface area contributed by atoms with Crippen molar-refractivity contribution in [3.05, 3.63) is 29.3 Å². The van der Waals surface area contributed by atoms with Crippen molar-refractivity contribution in [3.8, 4) is 11.8 Å². The lowest BCUT2D eigenvalue weighted by molar-refractivity contribution is -0.153. The Hall–Kier alpha value is -2.55. The summed E-state index contributed by atoms with van der Waals surface area (Å²) in [6.07, 6.45) is 0.242. The summed E-state index contributed by atoms with van der Waals surface area (Å²) in [5, 5.41) is 8.45. The third-order valence-electron chi connectivity index (χ3n) is 3.24. The Bertz CT molecular complexity index is 578. The zero-order valence-corrected chi connectivity index (χ0v) is 13.1. The van der Waals surface area contributed by atoms with E-state index in [1.807, 2.05) is 32.0 Å². The smallest absolute Gasteiger partial charge is 0.344 e. The van der Waals surface area contributed by atoms with Crippen molar-refractivity contribution in [2.24, 2.45) is 0 Å². The fraction of sp³-hybridized carbons (Fsp3) is 0.438. The Labute approximate surface area is 130 Å². The molecule has 118 valence electrons. The summed E-state index contributed by atoms with van der Waals surface area (Å²) in [5.74, 6) is -0.340. The van der Waals surface area contributed by atoms with Crippen LogP contribution in [0.25, 0.3) is 0 Å². The van der Waals surface area contributed by atoms with Crippen molar-refractivity contribution in [3.63, 3.8) is 0 Å². The number of nitrogens with zero attached hydrogens (tertiary/aromatic N) is 2. The predicted molar refractivity (Wildman–Crippen MR) is 80.2 cm³/mol. The van der Waals surface area contributed by atoms with Gasteiger partial charge in [0, 0.05) is 13.6 Å². The average Bonchev–Trinajstić information content (AvgIpc) is 2.51. The molecule has 0 aliphatic rings. The second-order valence-corrected chi connectivity index (χ2v) is 4.87. The van der Waals surface area contributed by atoms with Crippen molar-refractivity contribution in [1.29, 1.82) is 5.26 Å². The Morgan fingerprint density at radius 3 is 2.68 bits per heavy atom. The normalized spacial score (nSPS) is 9.73. The van der Waals surface area contributed by atoms with Gasteiger partial charge in [-0.25, -0.2) is 4.79 Å². The zero-order chi connectivity index (χ0) is 16.5. The second-order valence-electron chi connectivity index (χ2n) is 4.87. The molecule has 1 amide bonds. The van der Waals surface area contributed by atoms with Crippen LogP contribution in [0.15, 0.2) is 18.2 Å². The van der Waals surface area contributed by atoms with E-state index >= 15 is 0 Å². The van der Waals surface area contributed by atoms with Crippen LogP contribution in [0.4, 0.5) is 0 Å². The third kappa shape index (κ3) is 5.44. The van der Waals surface area contributed by atoms with Crippen molar-refractivity contribution < 1.29 is 19.1 Å². The zero-order valence-electron chi connectivity index (χ0n) is 13.1. The van der Waals surface area contributed by atoms with E-state index in [1.165, 1.54) is 4.90 Å². The molecule has 0 heterocycles. The Morgan fingerprint density at radius 1 is 1.27 bits per heavy atom. The Morgan fingerprint density at radius 2 is 2.00 bits per heavy atom. The maximum Gasteiger partial charge on any atom is 0.344 e. The number of carbonyl (C=O) groups is 2. The highest BCUT2D eigenvalue weighted by Gasteiger charge is 2.12. The van der Waals surface area contributed by atoms with E-state index in [2.05, 4.69) is 0 Å². The molecule has 0 atom stereocenters. The lowest BCUT2D eigenvalue weighted by Gasteiger charge is -2.15. The van der Waals surface area contributed by atoms with E-state index in [9.17, 15) is 9.59 Å². The number of hydrogen-bond donors (Lipinski definition) is 0. The van der Waals surface area contributed by atoms with E-state index in [4.69, 9.17) is 14.7 Å². The molecule has 1 aromatic rings. The van der Waals surface area contributed by atoms with Gasteiger partial charge in [-0.1, -0.05) is 12.1 Å². The number of nitriles is 1. The monoisotopic (exact) mass is 304 g/mol. The number of benzene rings is 1. The number of hydrogen-bond acceptors (Lipinski definition) is 5. The molecule has 6 heteroatoms. The van der Waals surface area contributed by atoms with Gasteiger partial charge >= 0.3 is 5.97 Å². The molecule has 0 aliphatic heterocycles. The minimum absolute atomic E-state index is 0.242. The lowest BCUT2D eigenvalue weighted by atomic mass is 10.1. The van der Waals surface area contributed by atoms with Crippen molar-refractivity contribution in [1.82, 2.24) is 4.90 Å². The molecule has 1 aromatic carbocycles. The van der Waals surface area contributed by atoms with Crippen LogP contribution >= 0.6 is 0 Å². The molecule has 0 radical (unpaired) electrons. The first-order valence-corrected chi connectivity index (χ1v) is 6.91. The van der Waals surface area contributed by atoms with Gasteiger partial charge in [0.2, 0.25) is 0 Å². The maximum atomic E-state index is 11.6. The number of likely N-dealkylation sites (N-methyl/N-ethyl adjacent to an activating group) is 1. The van der Waals surface area contributed by atoms with Crippen LogP contribution < -0.4 is 4.74 Å². The molecule has 0 bridgehead atoms. The van der Waals surface area contributed by atoms with Crippen LogP contribution in [0.3, 0.4) is 0 Å². The molecule has 0 unspecified atom stereocenters. The van der Waals surface area contributed by atoms with E-state index in [-0.39, 0.29) is 25.5 Å². The second kappa shape index (κ2) is 8.67. The van der Waals surface area contributed by atoms with Crippen LogP contribution in [0.1, 0.15) is 17.5 Å². The molecule has 6 nitrogen and oxygen atoms in total. The number of esters is 1. The summed E-state index contributed by atoms with van der Waals surface area (Å²) in [5.41, 5.74) is 2.03. The summed E-state index contributed by atoms with van der Waals surface area (Å²) >= 11 is 0. The molecule has 0 saturated carbocycles. The van der Waals surface area contributed by atoms with E-state index in [0.29, 0.717) is 12.3 Å². The number of amides is 1. The van der Waals surface area contributed by atoms with E-state index in [1.54, 1.807) is 13.1 Å². The topological polar surface area (TPSA) is 79.6 Å². The molecule has 0 spiro atoms. The average molecular weight is 304 g/mol. The first-order valence-electron chi connectivity index (χ1n) is 6.91. The van der Waals surface area contributed by atoms with Crippen molar-refractivity contribution >= 4 is 11.9 Å². The summed E-state index contributed by atoms with van der Waals surface area (Å²) in [7, 11) is 1.56. The van der Waals surface area contributed by atoms with Crippen molar-refractivity contribution in [2.75, 3.05) is 26.8 Å². The van der Waals surface area contributed by atoms with Crippen LogP contribution in [0, 0.1) is 25.2 Å². The SMILES string of the molecule is Cc1cccc(OCC(=O)OCC(=O)N(C)CCC#N)c1C. The number of carbonyl (C=O) groups excluding carboxylic acids is 2. The molecular weight excluding hydrogens is 284 g/mol. The number of ether oxygens (including phenoxy) is 2. The molecule has 22 heavy (non-hydrogen) atoms. The highest BCUT2D eigenvalue weighted by molar-refractivity contribution is 5.80. The minimum atomic E-state index is -0.608. The first kappa shape index (κ1) is 17.5. The molecule has 0 fully saturated rings. The fourth-order valence-corrected chi connectivity index (χ4v) is 1.65. The quantitative estimate of drug-likeness (QED) is 0.715. The highest BCUT2D eigenvalue weighted by Crippen LogP contribution is 2.20. The van der Waals surface area contributed by atoms with Gasteiger partial charge in [-0.15, -0.1) is 0 Å². The Kier molecular flexibility index (Phi) is 6.90. The van der Waals surface area contributed by atoms with Crippen LogP contribution in [0.5, 0.6) is 5.75 Å². The molecule has 0 aromatic heterocycles. The molecule has 0 saturated heterocycles. The fourth-order valence-electron chi connectivity index (χ4n) is 1.65. The first-order chi connectivity index (χ1) is 10.5. The molecule has 1 rings (SSSR count). The van der Waals surface area contributed by atoms with Gasteiger partial charge in [-0.05, 0) is 31.0 Å². The number of rotatable bonds is 7. The van der Waals surface area contributed by atoms with Gasteiger partial charge in [-0.3, -0.25) is 4.79 Å². The molecule has 0 aliphatic carbocycles. The van der Waals surface area contributed by atoms with E-state index < -0.39 is 5.97 Å². The minimum Gasteiger partial charge on any atom is -0.482 e. The summed E-state index contributed by atoms with van der Waals surface area (Å²) < 4.78 is 10.3. The van der Waals surface area contributed by atoms with Gasteiger partial charge in [0.15, 0.2) is 13.2 Å².